The zero-order valence-electron chi connectivity index (χ0n) is 17.9. The highest BCUT2D eigenvalue weighted by atomic mass is 32.2. The van der Waals surface area contributed by atoms with E-state index in [0.717, 1.165) is 23.9 Å². The summed E-state index contributed by atoms with van der Waals surface area (Å²) in [6.07, 6.45) is -2.60. The Balaban J connectivity index is 1.59. The molecular weight excluding hydrogens is 493 g/mol. The predicted octanol–water partition coefficient (Wildman–Crippen LogP) is -0.00272. The Bertz CT molecular complexity index is 1160. The molecule has 1 aromatic heterocycles. The number of aliphatic hydroxyl groups is 3. The molecule has 1 aromatic carbocycles. The third-order valence-electron chi connectivity index (χ3n) is 5.35. The molecule has 3 unspecified atom stereocenters. The number of hydrogen-bond donors (Lipinski definition) is 5. The number of ether oxygens (including phenoxy) is 2. The van der Waals surface area contributed by atoms with Gasteiger partial charge in [0.2, 0.25) is 5.69 Å². The summed E-state index contributed by atoms with van der Waals surface area (Å²) in [6, 6.07) is 3.70. The molecule has 0 bridgehead atoms. The van der Waals surface area contributed by atoms with Gasteiger partial charge in [-0.3, -0.25) is 5.01 Å². The molecule has 1 saturated heterocycles. The van der Waals surface area contributed by atoms with Crippen LogP contribution in [-0.4, -0.2) is 74.0 Å². The standard InChI is InChI=1S/C20H19F3N6O5S/c1-33-13-4-15(27-25-11(13)5-24)35-20-19(32)17(18(31)14(7-30)34-20)29-6-12(26-28-29)8-2-9(21)16(23)10(22)3-8/h2-4,6,14,17-20,26,28,30-32H,7H2,1H3/t14?,17?,18-,19?,20+/m0/s1. The van der Waals surface area contributed by atoms with Gasteiger partial charge in [-0.2, -0.15) is 5.26 Å². The highest BCUT2D eigenvalue weighted by Gasteiger charge is 2.48. The smallest absolute Gasteiger partial charge is 0.204 e. The van der Waals surface area contributed by atoms with Gasteiger partial charge in [-0.05, 0) is 12.1 Å². The fourth-order valence-corrected chi connectivity index (χ4v) is 4.61. The average molecular weight is 512 g/mol. The minimum absolute atomic E-state index is 0.0305. The van der Waals surface area contributed by atoms with Crippen molar-refractivity contribution in [3.05, 3.63) is 53.1 Å². The summed E-state index contributed by atoms with van der Waals surface area (Å²) in [4.78, 5) is 0. The van der Waals surface area contributed by atoms with E-state index in [1.807, 2.05) is 6.07 Å². The lowest BCUT2D eigenvalue weighted by molar-refractivity contribution is -0.189. The number of methoxy groups -OCH3 is 1. The number of thioether (sulfide) groups is 1. The molecular formula is C20H19F3N6O5S. The summed E-state index contributed by atoms with van der Waals surface area (Å²) in [5.74, 6) is -4.23. The van der Waals surface area contributed by atoms with Crippen LogP contribution < -0.4 is 15.7 Å². The molecule has 5 atom stereocenters. The normalized spacial score (nSPS) is 26.2. The van der Waals surface area contributed by atoms with E-state index in [2.05, 4.69) is 21.2 Å². The van der Waals surface area contributed by atoms with Crippen LogP contribution in [-0.2, 0) is 4.74 Å². The van der Waals surface area contributed by atoms with Crippen LogP contribution in [0.15, 0.2) is 29.4 Å². The van der Waals surface area contributed by atoms with Gasteiger partial charge >= 0.3 is 0 Å². The van der Waals surface area contributed by atoms with E-state index in [-0.39, 0.29) is 27.7 Å². The number of aromatic nitrogens is 2. The molecule has 0 amide bonds. The van der Waals surface area contributed by atoms with Gasteiger partial charge in [-0.25, -0.2) is 13.2 Å². The fourth-order valence-electron chi connectivity index (χ4n) is 3.61. The van der Waals surface area contributed by atoms with Crippen molar-refractivity contribution >= 4 is 17.5 Å². The molecule has 0 spiro atoms. The first-order chi connectivity index (χ1) is 16.8. The van der Waals surface area contributed by atoms with Crippen LogP contribution >= 0.6 is 11.8 Å². The molecule has 11 nitrogen and oxygen atoms in total. The van der Waals surface area contributed by atoms with Crippen molar-refractivity contribution in [1.29, 1.82) is 5.26 Å². The number of nitrogens with one attached hydrogen (secondary N) is 2. The summed E-state index contributed by atoms with van der Waals surface area (Å²) >= 11 is 0.914. The van der Waals surface area contributed by atoms with Crippen molar-refractivity contribution in [2.75, 3.05) is 13.7 Å². The monoisotopic (exact) mass is 512 g/mol. The lowest BCUT2D eigenvalue weighted by atomic mass is 9.97. The van der Waals surface area contributed by atoms with Crippen LogP contribution in [0.2, 0.25) is 0 Å². The Kier molecular flexibility index (Phi) is 7.31. The summed E-state index contributed by atoms with van der Waals surface area (Å²) < 4.78 is 51.4. The zero-order chi connectivity index (χ0) is 25.3. The van der Waals surface area contributed by atoms with E-state index >= 15 is 0 Å². The zero-order valence-corrected chi connectivity index (χ0v) is 18.7. The maximum absolute atomic E-state index is 13.7. The van der Waals surface area contributed by atoms with Gasteiger partial charge in [0.1, 0.15) is 40.9 Å². The highest BCUT2D eigenvalue weighted by molar-refractivity contribution is 7.99. The number of rotatable bonds is 6. The molecule has 0 aliphatic carbocycles. The van der Waals surface area contributed by atoms with Crippen LogP contribution in [0.1, 0.15) is 11.3 Å². The fraction of sp³-hybridized carbons (Fsp3) is 0.350. The van der Waals surface area contributed by atoms with Gasteiger partial charge in [-0.15, -0.1) is 15.7 Å². The maximum Gasteiger partial charge on any atom is 0.204 e. The molecule has 4 rings (SSSR count). The topological polar surface area (TPSA) is 156 Å². The summed E-state index contributed by atoms with van der Waals surface area (Å²) in [7, 11) is 1.35. The highest BCUT2D eigenvalue weighted by Crippen LogP contribution is 2.36. The summed E-state index contributed by atoms with van der Waals surface area (Å²) in [5, 5.41) is 49.6. The van der Waals surface area contributed by atoms with Gasteiger partial charge < -0.3 is 30.2 Å². The van der Waals surface area contributed by atoms with Gasteiger partial charge in [0.15, 0.2) is 23.2 Å². The molecule has 15 heteroatoms. The van der Waals surface area contributed by atoms with Crippen molar-refractivity contribution in [1.82, 2.24) is 26.2 Å². The van der Waals surface area contributed by atoms with Gasteiger partial charge in [0, 0.05) is 17.8 Å². The van der Waals surface area contributed by atoms with Crippen molar-refractivity contribution in [2.45, 2.75) is 34.8 Å². The Morgan fingerprint density at radius 3 is 2.54 bits per heavy atom. The van der Waals surface area contributed by atoms with E-state index in [1.165, 1.54) is 24.4 Å². The number of nitrogens with zero attached hydrogens (tertiary/aromatic N) is 4. The molecule has 0 saturated carbocycles. The number of hydrogen-bond acceptors (Lipinski definition) is 12. The second-order valence-corrected chi connectivity index (χ2v) is 8.59. The van der Waals surface area contributed by atoms with E-state index in [0.29, 0.717) is 0 Å². The second kappa shape index (κ2) is 10.2. The largest absolute Gasteiger partial charge is 0.494 e. The first-order valence-corrected chi connectivity index (χ1v) is 10.9. The van der Waals surface area contributed by atoms with Gasteiger partial charge in [0.25, 0.3) is 0 Å². The van der Waals surface area contributed by atoms with Crippen LogP contribution in [0.3, 0.4) is 0 Å². The Morgan fingerprint density at radius 1 is 1.20 bits per heavy atom. The Labute approximate surface area is 200 Å². The van der Waals surface area contributed by atoms with Crippen LogP contribution in [0.4, 0.5) is 13.2 Å². The first-order valence-electron chi connectivity index (χ1n) is 10.0. The van der Waals surface area contributed by atoms with Crippen LogP contribution in [0, 0.1) is 28.8 Å². The van der Waals surface area contributed by atoms with Crippen molar-refractivity contribution in [2.24, 2.45) is 0 Å². The number of halogens is 3. The number of benzene rings is 1. The SMILES string of the molecule is COc1cc(S[C@H]2OC(CO)[C@H](O)C(N3C=C(c4cc(F)c(F)c(F)c4)NN3)C2O)nnc1C#N. The molecule has 2 aliphatic rings. The first kappa shape index (κ1) is 25.0. The second-order valence-electron chi connectivity index (χ2n) is 7.47. The van der Waals surface area contributed by atoms with E-state index in [9.17, 15) is 28.5 Å². The molecule has 0 radical (unpaired) electrons. The van der Waals surface area contributed by atoms with E-state index < -0.39 is 53.8 Å². The molecule has 3 heterocycles. The quantitative estimate of drug-likeness (QED) is 0.331. The third kappa shape index (κ3) is 4.85. The van der Waals surface area contributed by atoms with E-state index in [1.54, 1.807) is 0 Å². The minimum atomic E-state index is -1.61. The molecule has 5 N–H and O–H groups in total. The van der Waals surface area contributed by atoms with Crippen LogP contribution in [0.5, 0.6) is 5.75 Å². The molecule has 35 heavy (non-hydrogen) atoms. The van der Waals surface area contributed by atoms with Gasteiger partial charge in [-0.1, -0.05) is 11.8 Å². The van der Waals surface area contributed by atoms with Crippen molar-refractivity contribution in [3.63, 3.8) is 0 Å². The number of hydrazine groups is 2. The Hall–Kier alpha value is -3.13. The van der Waals surface area contributed by atoms with Crippen molar-refractivity contribution < 1.29 is 38.0 Å². The molecule has 186 valence electrons. The molecule has 2 aliphatic heterocycles. The molecule has 2 aromatic rings. The number of nitriles is 1. The predicted molar refractivity (Wildman–Crippen MR) is 113 cm³/mol. The van der Waals surface area contributed by atoms with Crippen LogP contribution in [0.25, 0.3) is 5.70 Å². The number of aliphatic hydroxyl groups excluding tert-OH is 3. The average Bonchev–Trinajstić information content (AvgIpc) is 3.33. The summed E-state index contributed by atoms with van der Waals surface area (Å²) in [5.41, 5.74) is 4.29. The van der Waals surface area contributed by atoms with Crippen molar-refractivity contribution in [3.8, 4) is 11.8 Å². The lowest BCUT2D eigenvalue weighted by Gasteiger charge is -2.44. The lowest BCUT2D eigenvalue weighted by Crippen LogP contribution is -2.65. The molecule has 1 fully saturated rings. The third-order valence-corrected chi connectivity index (χ3v) is 6.41. The summed E-state index contributed by atoms with van der Waals surface area (Å²) in [6.45, 7) is -0.587. The van der Waals surface area contributed by atoms with E-state index in [4.69, 9.17) is 14.7 Å². The maximum atomic E-state index is 13.7. The Morgan fingerprint density at radius 2 is 1.91 bits per heavy atom. The van der Waals surface area contributed by atoms with Gasteiger partial charge in [0.05, 0.1) is 19.4 Å². The minimum Gasteiger partial charge on any atom is -0.494 e.